The number of halogens is 2. The summed E-state index contributed by atoms with van der Waals surface area (Å²) in [5.74, 6) is 0. The minimum Gasteiger partial charge on any atom is -0.384 e. The van der Waals surface area contributed by atoms with E-state index in [9.17, 15) is 0 Å². The summed E-state index contributed by atoms with van der Waals surface area (Å²) in [6.07, 6.45) is 2.60. The van der Waals surface area contributed by atoms with Crippen LogP contribution in [-0.4, -0.2) is 31.6 Å². The van der Waals surface area contributed by atoms with E-state index in [0.717, 1.165) is 6.54 Å². The minimum absolute atomic E-state index is 0. The Kier molecular flexibility index (Phi) is 4.70. The molecule has 17 heavy (non-hydrogen) atoms. The number of nitrogens with one attached hydrogen (secondary N) is 1. The Balaban J connectivity index is 0.000000722. The molecule has 0 amide bonds. The SMILES string of the molecule is CN1CCC2(CC1)CNc1ccccc12.Cl.Cl. The van der Waals surface area contributed by atoms with Crippen LogP contribution in [0, 0.1) is 0 Å². The van der Waals surface area contributed by atoms with Crippen LogP contribution < -0.4 is 5.32 Å². The summed E-state index contributed by atoms with van der Waals surface area (Å²) < 4.78 is 0. The first-order valence-corrected chi connectivity index (χ1v) is 5.82. The first-order chi connectivity index (χ1) is 7.30. The van der Waals surface area contributed by atoms with Gasteiger partial charge in [0.05, 0.1) is 0 Å². The number of para-hydroxylation sites is 1. The van der Waals surface area contributed by atoms with Gasteiger partial charge in [0.25, 0.3) is 0 Å². The zero-order valence-corrected chi connectivity index (χ0v) is 11.7. The van der Waals surface area contributed by atoms with Crippen molar-refractivity contribution < 1.29 is 0 Å². The maximum atomic E-state index is 3.56. The molecule has 2 aliphatic heterocycles. The highest BCUT2D eigenvalue weighted by molar-refractivity contribution is 5.85. The fourth-order valence-corrected chi connectivity index (χ4v) is 2.95. The van der Waals surface area contributed by atoms with E-state index in [2.05, 4.69) is 41.5 Å². The molecule has 96 valence electrons. The van der Waals surface area contributed by atoms with Gasteiger partial charge in [0.1, 0.15) is 0 Å². The topological polar surface area (TPSA) is 15.3 Å². The molecule has 0 aliphatic carbocycles. The van der Waals surface area contributed by atoms with Gasteiger partial charge in [-0.2, -0.15) is 0 Å². The van der Waals surface area contributed by atoms with Gasteiger partial charge in [-0.05, 0) is 44.6 Å². The number of piperidine rings is 1. The van der Waals surface area contributed by atoms with Gasteiger partial charge in [0.2, 0.25) is 0 Å². The number of nitrogens with zero attached hydrogens (tertiary/aromatic N) is 1. The first-order valence-electron chi connectivity index (χ1n) is 5.82. The number of hydrogen-bond donors (Lipinski definition) is 1. The van der Waals surface area contributed by atoms with Crippen molar-refractivity contribution in [2.24, 2.45) is 0 Å². The molecule has 0 aromatic heterocycles. The third-order valence-electron chi connectivity index (χ3n) is 4.06. The molecule has 0 unspecified atom stereocenters. The van der Waals surface area contributed by atoms with Gasteiger partial charge in [-0.1, -0.05) is 18.2 Å². The van der Waals surface area contributed by atoms with Crippen LogP contribution in [-0.2, 0) is 5.41 Å². The summed E-state index contributed by atoms with van der Waals surface area (Å²) in [5, 5.41) is 3.56. The first kappa shape index (κ1) is 14.6. The Morgan fingerprint density at radius 2 is 1.76 bits per heavy atom. The van der Waals surface area contributed by atoms with Gasteiger partial charge in [0.15, 0.2) is 0 Å². The molecule has 0 saturated carbocycles. The van der Waals surface area contributed by atoms with Crippen molar-refractivity contribution in [1.29, 1.82) is 0 Å². The molecule has 1 aromatic carbocycles. The van der Waals surface area contributed by atoms with E-state index in [4.69, 9.17) is 0 Å². The molecule has 1 spiro atoms. The van der Waals surface area contributed by atoms with Crippen molar-refractivity contribution in [2.45, 2.75) is 18.3 Å². The van der Waals surface area contributed by atoms with E-state index in [1.165, 1.54) is 31.6 Å². The summed E-state index contributed by atoms with van der Waals surface area (Å²) in [4.78, 5) is 2.44. The summed E-state index contributed by atoms with van der Waals surface area (Å²) in [6, 6.07) is 8.81. The summed E-state index contributed by atoms with van der Waals surface area (Å²) >= 11 is 0. The fourth-order valence-electron chi connectivity index (χ4n) is 2.95. The minimum atomic E-state index is 0. The van der Waals surface area contributed by atoms with Crippen molar-refractivity contribution in [3.63, 3.8) is 0 Å². The summed E-state index contributed by atoms with van der Waals surface area (Å²) in [6.45, 7) is 3.60. The van der Waals surface area contributed by atoms with Gasteiger partial charge >= 0.3 is 0 Å². The number of anilines is 1. The normalized spacial score (nSPS) is 21.0. The van der Waals surface area contributed by atoms with Crippen molar-refractivity contribution in [3.8, 4) is 0 Å². The molecule has 1 fully saturated rings. The quantitative estimate of drug-likeness (QED) is 0.783. The fraction of sp³-hybridized carbons (Fsp3) is 0.538. The van der Waals surface area contributed by atoms with E-state index < -0.39 is 0 Å². The molecule has 0 radical (unpaired) electrons. The second-order valence-electron chi connectivity index (χ2n) is 4.98. The lowest BCUT2D eigenvalue weighted by atomic mass is 9.74. The second-order valence-corrected chi connectivity index (χ2v) is 4.98. The lowest BCUT2D eigenvalue weighted by Crippen LogP contribution is -2.42. The number of rotatable bonds is 0. The Hall–Kier alpha value is -0.440. The molecular formula is C13H20Cl2N2. The van der Waals surface area contributed by atoms with Gasteiger partial charge < -0.3 is 10.2 Å². The molecule has 2 heterocycles. The van der Waals surface area contributed by atoms with E-state index in [-0.39, 0.29) is 24.8 Å². The zero-order chi connectivity index (χ0) is 10.3. The van der Waals surface area contributed by atoms with Gasteiger partial charge in [0, 0.05) is 17.6 Å². The molecular weight excluding hydrogens is 255 g/mol. The molecule has 1 aromatic rings. The molecule has 2 nitrogen and oxygen atoms in total. The number of fused-ring (bicyclic) bond motifs is 2. The monoisotopic (exact) mass is 274 g/mol. The van der Waals surface area contributed by atoms with Crippen LogP contribution in [0.3, 0.4) is 0 Å². The average Bonchev–Trinajstić information content (AvgIpc) is 2.63. The van der Waals surface area contributed by atoms with Gasteiger partial charge in [-0.25, -0.2) is 0 Å². The molecule has 0 bridgehead atoms. The number of benzene rings is 1. The van der Waals surface area contributed by atoms with E-state index in [0.29, 0.717) is 5.41 Å². The second kappa shape index (κ2) is 5.47. The Morgan fingerprint density at radius 3 is 2.47 bits per heavy atom. The molecule has 1 saturated heterocycles. The van der Waals surface area contributed by atoms with E-state index >= 15 is 0 Å². The third-order valence-corrected chi connectivity index (χ3v) is 4.06. The van der Waals surface area contributed by atoms with E-state index in [1.807, 2.05) is 0 Å². The molecule has 2 aliphatic rings. The lowest BCUT2D eigenvalue weighted by molar-refractivity contribution is 0.200. The predicted molar refractivity (Wildman–Crippen MR) is 77.8 cm³/mol. The third kappa shape index (κ3) is 2.40. The summed E-state index contributed by atoms with van der Waals surface area (Å²) in [7, 11) is 2.22. The zero-order valence-electron chi connectivity index (χ0n) is 10.1. The van der Waals surface area contributed by atoms with Crippen LogP contribution in [0.15, 0.2) is 24.3 Å². The summed E-state index contributed by atoms with van der Waals surface area (Å²) in [5.41, 5.74) is 3.35. The van der Waals surface area contributed by atoms with Crippen LogP contribution in [0.5, 0.6) is 0 Å². The Bertz CT molecular complexity index is 373. The molecule has 1 N–H and O–H groups in total. The maximum Gasteiger partial charge on any atom is 0.0379 e. The largest absolute Gasteiger partial charge is 0.384 e. The predicted octanol–water partition coefficient (Wildman–Crippen LogP) is 2.92. The standard InChI is InChI=1S/C13H18N2.2ClH/c1-15-8-6-13(7-9-15)10-14-12-5-3-2-4-11(12)13;;/h2-5,14H,6-10H2,1H3;2*1H. The highest BCUT2D eigenvalue weighted by Gasteiger charge is 2.40. The van der Waals surface area contributed by atoms with Crippen LogP contribution in [0.2, 0.25) is 0 Å². The Labute approximate surface area is 116 Å². The molecule has 0 atom stereocenters. The van der Waals surface area contributed by atoms with Crippen LogP contribution in [0.25, 0.3) is 0 Å². The average molecular weight is 275 g/mol. The van der Waals surface area contributed by atoms with Crippen molar-refractivity contribution in [1.82, 2.24) is 4.90 Å². The molecule has 3 rings (SSSR count). The van der Waals surface area contributed by atoms with Crippen molar-refractivity contribution in [2.75, 3.05) is 32.0 Å². The number of hydrogen-bond acceptors (Lipinski definition) is 2. The Morgan fingerprint density at radius 1 is 1.12 bits per heavy atom. The van der Waals surface area contributed by atoms with E-state index in [1.54, 1.807) is 5.56 Å². The van der Waals surface area contributed by atoms with Gasteiger partial charge in [-0.3, -0.25) is 0 Å². The van der Waals surface area contributed by atoms with Crippen LogP contribution in [0.1, 0.15) is 18.4 Å². The van der Waals surface area contributed by atoms with Gasteiger partial charge in [-0.15, -0.1) is 24.8 Å². The van der Waals surface area contributed by atoms with Crippen molar-refractivity contribution >= 4 is 30.5 Å². The van der Waals surface area contributed by atoms with Crippen LogP contribution >= 0.6 is 24.8 Å². The highest BCUT2D eigenvalue weighted by Crippen LogP contribution is 2.43. The smallest absolute Gasteiger partial charge is 0.0379 e. The van der Waals surface area contributed by atoms with Crippen LogP contribution in [0.4, 0.5) is 5.69 Å². The lowest BCUT2D eigenvalue weighted by Gasteiger charge is -2.37. The maximum absolute atomic E-state index is 3.56. The molecule has 4 heteroatoms. The van der Waals surface area contributed by atoms with Crippen molar-refractivity contribution in [3.05, 3.63) is 29.8 Å². The highest BCUT2D eigenvalue weighted by atomic mass is 35.5. The number of likely N-dealkylation sites (tertiary alicyclic amines) is 1.